The predicted octanol–water partition coefficient (Wildman–Crippen LogP) is 4.81. The van der Waals surface area contributed by atoms with Crippen LogP contribution in [0.4, 0.5) is 0 Å². The molecule has 0 saturated heterocycles. The number of thiol groups is 1. The van der Waals surface area contributed by atoms with E-state index in [1.54, 1.807) is 30.3 Å². The molecule has 0 aliphatic heterocycles. The van der Waals surface area contributed by atoms with Crippen molar-refractivity contribution < 1.29 is 14.7 Å². The summed E-state index contributed by atoms with van der Waals surface area (Å²) < 4.78 is 0. The van der Waals surface area contributed by atoms with Crippen LogP contribution in [0.5, 0.6) is 0 Å². The van der Waals surface area contributed by atoms with E-state index in [0.717, 1.165) is 16.7 Å². The van der Waals surface area contributed by atoms with Crippen molar-refractivity contribution >= 4 is 24.5 Å². The third-order valence-electron chi connectivity index (χ3n) is 6.18. The summed E-state index contributed by atoms with van der Waals surface area (Å²) in [6.45, 7) is 0. The van der Waals surface area contributed by atoms with Gasteiger partial charge in [0.2, 0.25) is 5.91 Å². The van der Waals surface area contributed by atoms with Crippen molar-refractivity contribution in [1.82, 2.24) is 10.6 Å². The molecule has 5 nitrogen and oxygen atoms in total. The molecule has 2 atom stereocenters. The van der Waals surface area contributed by atoms with Crippen molar-refractivity contribution in [2.24, 2.45) is 0 Å². The van der Waals surface area contributed by atoms with Gasteiger partial charge in [0.1, 0.15) is 0 Å². The van der Waals surface area contributed by atoms with Crippen LogP contribution >= 0.6 is 12.6 Å². The number of hydrogen-bond acceptors (Lipinski definition) is 4. The average molecular weight is 497 g/mol. The third kappa shape index (κ3) is 5.35. The molecule has 182 valence electrons. The van der Waals surface area contributed by atoms with Crippen molar-refractivity contribution in [2.75, 3.05) is 5.75 Å². The predicted molar refractivity (Wildman–Crippen MR) is 145 cm³/mol. The summed E-state index contributed by atoms with van der Waals surface area (Å²) in [5.41, 5.74) is 2.44. The highest BCUT2D eigenvalue weighted by atomic mass is 32.1. The summed E-state index contributed by atoms with van der Waals surface area (Å²) in [5, 5.41) is 16.1. The van der Waals surface area contributed by atoms with Gasteiger partial charge in [0, 0.05) is 5.75 Å². The van der Waals surface area contributed by atoms with E-state index < -0.39 is 29.5 Å². The first-order chi connectivity index (χ1) is 17.6. The molecule has 4 aromatic rings. The number of amides is 1. The second-order valence-corrected chi connectivity index (χ2v) is 8.78. The normalized spacial score (nSPS) is 12.9. The Bertz CT molecular complexity index is 1170. The Morgan fingerprint density at radius 2 is 1.08 bits per heavy atom. The molecule has 0 aliphatic rings. The molecule has 0 bridgehead atoms. The molecule has 3 N–H and O–H groups in total. The lowest BCUT2D eigenvalue weighted by Crippen LogP contribution is -2.56. The number of hydrogen-bond donors (Lipinski definition) is 4. The van der Waals surface area contributed by atoms with Gasteiger partial charge in [-0.1, -0.05) is 121 Å². The van der Waals surface area contributed by atoms with Gasteiger partial charge < -0.3 is 10.4 Å². The monoisotopic (exact) mass is 496 g/mol. The molecule has 1 amide bonds. The van der Waals surface area contributed by atoms with Crippen molar-refractivity contribution in [1.29, 1.82) is 0 Å². The number of carbonyl (C=O) groups is 2. The summed E-state index contributed by atoms with van der Waals surface area (Å²) in [6, 6.07) is 36.4. The van der Waals surface area contributed by atoms with E-state index in [1.807, 2.05) is 91.0 Å². The Labute approximate surface area is 216 Å². The number of carboxylic acid groups (broad SMARTS) is 1. The van der Waals surface area contributed by atoms with Crippen LogP contribution in [0.1, 0.15) is 28.3 Å². The highest BCUT2D eigenvalue weighted by Crippen LogP contribution is 2.37. The average Bonchev–Trinajstić information content (AvgIpc) is 2.94. The van der Waals surface area contributed by atoms with Gasteiger partial charge in [-0.2, -0.15) is 12.6 Å². The topological polar surface area (TPSA) is 78.4 Å². The van der Waals surface area contributed by atoms with Gasteiger partial charge in [-0.05, 0) is 22.3 Å². The highest BCUT2D eigenvalue weighted by Gasteiger charge is 2.40. The second kappa shape index (κ2) is 11.7. The molecule has 6 heteroatoms. The van der Waals surface area contributed by atoms with Gasteiger partial charge in [0.05, 0.1) is 11.6 Å². The highest BCUT2D eigenvalue weighted by molar-refractivity contribution is 7.80. The first-order valence-electron chi connectivity index (χ1n) is 11.7. The van der Waals surface area contributed by atoms with Gasteiger partial charge in [-0.25, -0.2) is 4.79 Å². The van der Waals surface area contributed by atoms with Gasteiger partial charge >= 0.3 is 5.97 Å². The number of benzene rings is 4. The zero-order chi connectivity index (χ0) is 25.4. The molecular weight excluding hydrogens is 468 g/mol. The summed E-state index contributed by atoms with van der Waals surface area (Å²) >= 11 is 4.49. The largest absolute Gasteiger partial charge is 0.479 e. The SMILES string of the molecule is O=C(N[C@@H](C(=O)O)c1ccccc1)[C@H](CS)NC(c1ccccc1)(c1ccccc1)c1ccccc1. The lowest BCUT2D eigenvalue weighted by Gasteiger charge is -2.39. The van der Waals surface area contributed by atoms with Crippen LogP contribution in [0.15, 0.2) is 121 Å². The van der Waals surface area contributed by atoms with E-state index in [9.17, 15) is 14.7 Å². The van der Waals surface area contributed by atoms with E-state index in [2.05, 4.69) is 23.3 Å². The maximum Gasteiger partial charge on any atom is 0.330 e. The van der Waals surface area contributed by atoms with E-state index in [-0.39, 0.29) is 5.75 Å². The second-order valence-electron chi connectivity index (χ2n) is 8.42. The van der Waals surface area contributed by atoms with E-state index in [0.29, 0.717) is 5.56 Å². The first-order valence-corrected chi connectivity index (χ1v) is 12.3. The molecular formula is C30H28N2O3S. The molecule has 0 aliphatic carbocycles. The molecule has 0 spiro atoms. The number of carbonyl (C=O) groups excluding carboxylic acids is 1. The van der Waals surface area contributed by atoms with E-state index in [1.165, 1.54) is 0 Å². The van der Waals surface area contributed by atoms with Crippen LogP contribution in [0.2, 0.25) is 0 Å². The lowest BCUT2D eigenvalue weighted by molar-refractivity contribution is -0.142. The number of aliphatic carboxylic acids is 1. The summed E-state index contributed by atoms with van der Waals surface area (Å²) in [6.07, 6.45) is 0. The maximum absolute atomic E-state index is 13.5. The Hall–Kier alpha value is -3.87. The van der Waals surface area contributed by atoms with Gasteiger partial charge in [-0.3, -0.25) is 10.1 Å². The molecule has 4 aromatic carbocycles. The lowest BCUT2D eigenvalue weighted by atomic mass is 9.76. The minimum atomic E-state index is -1.18. The molecule has 0 unspecified atom stereocenters. The van der Waals surface area contributed by atoms with Crippen LogP contribution in [-0.4, -0.2) is 28.8 Å². The van der Waals surface area contributed by atoms with Crippen LogP contribution in [0.3, 0.4) is 0 Å². The summed E-state index contributed by atoms with van der Waals surface area (Å²) in [7, 11) is 0. The van der Waals surface area contributed by atoms with Gasteiger partial charge in [0.15, 0.2) is 6.04 Å². The smallest absolute Gasteiger partial charge is 0.330 e. The minimum Gasteiger partial charge on any atom is -0.479 e. The van der Waals surface area contributed by atoms with Crippen LogP contribution in [0, 0.1) is 0 Å². The molecule has 0 heterocycles. The number of carboxylic acids is 1. The molecule has 0 saturated carbocycles. The number of nitrogens with one attached hydrogen (secondary N) is 2. The van der Waals surface area contributed by atoms with Gasteiger partial charge in [0.25, 0.3) is 0 Å². The number of rotatable bonds is 10. The fraction of sp³-hybridized carbons (Fsp3) is 0.133. The molecule has 36 heavy (non-hydrogen) atoms. The summed E-state index contributed by atoms with van der Waals surface area (Å²) in [4.78, 5) is 25.6. The molecule has 0 aromatic heterocycles. The Morgan fingerprint density at radius 1 is 0.694 bits per heavy atom. The Morgan fingerprint density at radius 3 is 1.44 bits per heavy atom. The zero-order valence-electron chi connectivity index (χ0n) is 19.6. The quantitative estimate of drug-likeness (QED) is 0.188. The van der Waals surface area contributed by atoms with Crippen LogP contribution in [0.25, 0.3) is 0 Å². The van der Waals surface area contributed by atoms with Crippen molar-refractivity contribution in [2.45, 2.75) is 17.6 Å². The van der Waals surface area contributed by atoms with E-state index in [4.69, 9.17) is 0 Å². The van der Waals surface area contributed by atoms with Crippen LogP contribution in [-0.2, 0) is 15.1 Å². The van der Waals surface area contributed by atoms with Crippen molar-refractivity contribution in [3.63, 3.8) is 0 Å². The van der Waals surface area contributed by atoms with Crippen molar-refractivity contribution in [3.05, 3.63) is 144 Å². The fourth-order valence-electron chi connectivity index (χ4n) is 4.45. The molecule has 0 radical (unpaired) electrons. The zero-order valence-corrected chi connectivity index (χ0v) is 20.5. The third-order valence-corrected chi connectivity index (χ3v) is 6.54. The Kier molecular flexibility index (Phi) is 8.21. The van der Waals surface area contributed by atoms with Crippen molar-refractivity contribution in [3.8, 4) is 0 Å². The maximum atomic E-state index is 13.5. The molecule has 4 rings (SSSR count). The minimum absolute atomic E-state index is 0.154. The van der Waals surface area contributed by atoms with Crippen LogP contribution < -0.4 is 10.6 Å². The van der Waals surface area contributed by atoms with E-state index >= 15 is 0 Å². The first kappa shape index (κ1) is 25.2. The summed E-state index contributed by atoms with van der Waals surface area (Å²) in [5.74, 6) is -1.43. The fourth-order valence-corrected chi connectivity index (χ4v) is 4.70. The van der Waals surface area contributed by atoms with Gasteiger partial charge in [-0.15, -0.1) is 0 Å². The Balaban J connectivity index is 1.78. The standard InChI is InChI=1S/C30H28N2O3S/c33-28(31-27(29(34)35)22-13-5-1-6-14-22)26(21-36)32-30(23-15-7-2-8-16-23,24-17-9-3-10-18-24)25-19-11-4-12-20-25/h1-20,26-27,32,36H,21H2,(H,31,33)(H,34,35)/t26-,27+/m0/s1. The molecule has 0 fully saturated rings.